The van der Waals surface area contributed by atoms with Gasteiger partial charge in [0.15, 0.2) is 0 Å². The number of nitrogens with zero attached hydrogens (tertiary/aromatic N) is 2. The maximum absolute atomic E-state index is 5.02. The van der Waals surface area contributed by atoms with Gasteiger partial charge < -0.3 is 0 Å². The van der Waals surface area contributed by atoms with E-state index in [0.717, 1.165) is 23.9 Å². The van der Waals surface area contributed by atoms with Crippen molar-refractivity contribution in [3.05, 3.63) is 83.9 Å². The van der Waals surface area contributed by atoms with Gasteiger partial charge in [-0.15, -0.1) is 0 Å². The highest BCUT2D eigenvalue weighted by Crippen LogP contribution is 2.42. The summed E-state index contributed by atoms with van der Waals surface area (Å²) >= 11 is 0. The second kappa shape index (κ2) is 7.87. The van der Waals surface area contributed by atoms with Crippen molar-refractivity contribution in [2.24, 2.45) is 10.2 Å². The minimum Gasteiger partial charge on any atom is -0.177 e. The molecule has 0 aliphatic heterocycles. The molecule has 0 saturated heterocycles. The van der Waals surface area contributed by atoms with Gasteiger partial charge in [0, 0.05) is 5.39 Å². The Morgan fingerprint density at radius 3 is 2.63 bits per heavy atom. The van der Waals surface area contributed by atoms with Crippen molar-refractivity contribution in [2.45, 2.75) is 44.6 Å². The first-order chi connectivity index (χ1) is 13.3. The molecular formula is C25H26N2. The lowest BCUT2D eigenvalue weighted by atomic mass is 9.77. The predicted octanol–water partition coefficient (Wildman–Crippen LogP) is 7.82. The van der Waals surface area contributed by atoms with Crippen LogP contribution in [0.1, 0.15) is 50.2 Å². The van der Waals surface area contributed by atoms with Crippen molar-refractivity contribution >= 4 is 22.5 Å². The van der Waals surface area contributed by atoms with E-state index in [4.69, 9.17) is 10.2 Å². The molecule has 0 saturated carbocycles. The molecule has 0 spiro atoms. The zero-order valence-electron chi connectivity index (χ0n) is 15.9. The second-order valence-corrected chi connectivity index (χ2v) is 7.38. The van der Waals surface area contributed by atoms with E-state index < -0.39 is 0 Å². The van der Waals surface area contributed by atoms with E-state index in [-0.39, 0.29) is 5.54 Å². The van der Waals surface area contributed by atoms with Crippen LogP contribution in [0.2, 0.25) is 0 Å². The SMILES string of the molecule is CCCCCC1(N=Nc2cccc3ccccc23)CC=Cc2ccccc21. The van der Waals surface area contributed by atoms with Crippen molar-refractivity contribution < 1.29 is 0 Å². The van der Waals surface area contributed by atoms with Gasteiger partial charge in [-0.3, -0.25) is 0 Å². The number of hydrogen-bond acceptors (Lipinski definition) is 2. The first-order valence-electron chi connectivity index (χ1n) is 9.99. The minimum atomic E-state index is -0.253. The zero-order chi connectivity index (χ0) is 18.5. The van der Waals surface area contributed by atoms with Gasteiger partial charge in [-0.2, -0.15) is 10.2 Å². The Morgan fingerprint density at radius 2 is 1.70 bits per heavy atom. The third-order valence-electron chi connectivity index (χ3n) is 5.52. The zero-order valence-corrected chi connectivity index (χ0v) is 15.9. The van der Waals surface area contributed by atoms with Crippen molar-refractivity contribution in [3.63, 3.8) is 0 Å². The molecule has 0 fully saturated rings. The molecule has 0 N–H and O–H groups in total. The van der Waals surface area contributed by atoms with Gasteiger partial charge in [-0.25, -0.2) is 0 Å². The van der Waals surface area contributed by atoms with Crippen LogP contribution in [-0.2, 0) is 5.54 Å². The second-order valence-electron chi connectivity index (χ2n) is 7.38. The highest BCUT2D eigenvalue weighted by molar-refractivity contribution is 5.92. The Labute approximate surface area is 161 Å². The molecule has 0 aromatic heterocycles. The van der Waals surface area contributed by atoms with Crippen LogP contribution in [0.4, 0.5) is 5.69 Å². The van der Waals surface area contributed by atoms with Crippen molar-refractivity contribution in [1.29, 1.82) is 0 Å². The third kappa shape index (κ3) is 3.57. The highest BCUT2D eigenvalue weighted by Gasteiger charge is 2.34. The molecule has 0 bridgehead atoms. The normalized spacial score (nSPS) is 18.9. The summed E-state index contributed by atoms with van der Waals surface area (Å²) in [4.78, 5) is 0. The Bertz CT molecular complexity index is 981. The van der Waals surface area contributed by atoms with Crippen molar-refractivity contribution in [2.75, 3.05) is 0 Å². The summed E-state index contributed by atoms with van der Waals surface area (Å²) in [5.41, 5.74) is 3.29. The summed E-state index contributed by atoms with van der Waals surface area (Å²) in [6.07, 6.45) is 10.1. The standard InChI is InChI=1S/C25H26N2/c1-2-3-8-18-25(19-10-14-21-12-5-7-16-23(21)25)27-26-24-17-9-13-20-11-4-6-15-22(20)24/h4-7,9-17H,2-3,8,18-19H2,1H3. The topological polar surface area (TPSA) is 24.7 Å². The number of benzene rings is 3. The summed E-state index contributed by atoms with van der Waals surface area (Å²) < 4.78 is 0. The van der Waals surface area contributed by atoms with Crippen LogP contribution in [0.3, 0.4) is 0 Å². The van der Waals surface area contributed by atoms with E-state index >= 15 is 0 Å². The Hall–Kier alpha value is -2.74. The van der Waals surface area contributed by atoms with Crippen LogP contribution in [0.15, 0.2) is 83.0 Å². The molecule has 1 aliphatic carbocycles. The summed E-state index contributed by atoms with van der Waals surface area (Å²) in [5.74, 6) is 0. The maximum atomic E-state index is 5.02. The quantitative estimate of drug-likeness (QED) is 0.318. The molecule has 0 amide bonds. The first-order valence-corrected chi connectivity index (χ1v) is 9.99. The summed E-state index contributed by atoms with van der Waals surface area (Å²) in [6, 6.07) is 23.3. The molecular weight excluding hydrogens is 328 g/mol. The Morgan fingerprint density at radius 1 is 0.889 bits per heavy atom. The monoisotopic (exact) mass is 354 g/mol. The largest absolute Gasteiger partial charge is 0.177 e. The molecule has 4 rings (SSSR count). The molecule has 0 radical (unpaired) electrons. The molecule has 1 aliphatic rings. The molecule has 136 valence electrons. The average Bonchev–Trinajstić information content (AvgIpc) is 2.73. The van der Waals surface area contributed by atoms with E-state index in [2.05, 4.69) is 85.8 Å². The Kier molecular flexibility index (Phi) is 5.15. The molecule has 2 nitrogen and oxygen atoms in total. The van der Waals surface area contributed by atoms with Gasteiger partial charge in [0.1, 0.15) is 5.54 Å². The number of unbranched alkanes of at least 4 members (excludes halogenated alkanes) is 2. The van der Waals surface area contributed by atoms with Gasteiger partial charge in [-0.1, -0.05) is 99.0 Å². The average molecular weight is 354 g/mol. The van der Waals surface area contributed by atoms with E-state index in [1.807, 2.05) is 0 Å². The molecule has 27 heavy (non-hydrogen) atoms. The number of fused-ring (bicyclic) bond motifs is 2. The van der Waals surface area contributed by atoms with E-state index in [9.17, 15) is 0 Å². The maximum Gasteiger partial charge on any atom is 0.111 e. The minimum absolute atomic E-state index is 0.253. The fourth-order valence-corrected chi connectivity index (χ4v) is 4.05. The van der Waals surface area contributed by atoms with Crippen LogP contribution < -0.4 is 0 Å². The van der Waals surface area contributed by atoms with Gasteiger partial charge in [0.05, 0.1) is 5.69 Å². The third-order valence-corrected chi connectivity index (χ3v) is 5.52. The fourth-order valence-electron chi connectivity index (χ4n) is 4.05. The number of azo groups is 1. The van der Waals surface area contributed by atoms with Crippen molar-refractivity contribution in [1.82, 2.24) is 0 Å². The van der Waals surface area contributed by atoms with Crippen LogP contribution in [0.25, 0.3) is 16.8 Å². The summed E-state index contributed by atoms with van der Waals surface area (Å²) in [5, 5.41) is 12.2. The number of rotatable bonds is 6. The van der Waals surface area contributed by atoms with E-state index in [1.165, 1.54) is 35.8 Å². The molecule has 1 unspecified atom stereocenters. The lowest BCUT2D eigenvalue weighted by molar-refractivity contribution is 0.376. The lowest BCUT2D eigenvalue weighted by Crippen LogP contribution is -2.25. The molecule has 0 heterocycles. The van der Waals surface area contributed by atoms with Crippen molar-refractivity contribution in [3.8, 4) is 0 Å². The number of hydrogen-bond donors (Lipinski definition) is 0. The van der Waals surface area contributed by atoms with Crippen LogP contribution >= 0.6 is 0 Å². The molecule has 3 aromatic carbocycles. The molecule has 1 atom stereocenters. The van der Waals surface area contributed by atoms with Gasteiger partial charge in [0.2, 0.25) is 0 Å². The van der Waals surface area contributed by atoms with Gasteiger partial charge in [0.25, 0.3) is 0 Å². The van der Waals surface area contributed by atoms with Gasteiger partial charge in [-0.05, 0) is 35.4 Å². The fraction of sp³-hybridized carbons (Fsp3) is 0.280. The highest BCUT2D eigenvalue weighted by atomic mass is 15.2. The summed E-state index contributed by atoms with van der Waals surface area (Å²) in [6.45, 7) is 2.25. The molecule has 2 heteroatoms. The van der Waals surface area contributed by atoms with Crippen LogP contribution in [0.5, 0.6) is 0 Å². The van der Waals surface area contributed by atoms with Gasteiger partial charge >= 0.3 is 0 Å². The first kappa shape index (κ1) is 17.7. The van der Waals surface area contributed by atoms with E-state index in [1.54, 1.807) is 0 Å². The summed E-state index contributed by atoms with van der Waals surface area (Å²) in [7, 11) is 0. The van der Waals surface area contributed by atoms with Crippen LogP contribution in [0, 0.1) is 0 Å². The lowest BCUT2D eigenvalue weighted by Gasteiger charge is -2.32. The predicted molar refractivity (Wildman–Crippen MR) is 114 cm³/mol. The van der Waals surface area contributed by atoms with E-state index in [0.29, 0.717) is 0 Å². The Balaban J connectivity index is 1.76. The van der Waals surface area contributed by atoms with Crippen LogP contribution in [-0.4, -0.2) is 0 Å². The smallest absolute Gasteiger partial charge is 0.111 e. The molecule has 3 aromatic rings.